The Morgan fingerprint density at radius 1 is 1.54 bits per heavy atom. The molecule has 4 heteroatoms. The third-order valence-electron chi connectivity index (χ3n) is 1.89. The van der Waals surface area contributed by atoms with Gasteiger partial charge in [-0.15, -0.1) is 0 Å². The molecule has 1 atom stereocenters. The van der Waals surface area contributed by atoms with Crippen molar-refractivity contribution in [2.24, 2.45) is 0 Å². The maximum absolute atomic E-state index is 9.10. The van der Waals surface area contributed by atoms with Gasteiger partial charge in [-0.2, -0.15) is 0 Å². The molecule has 3 N–H and O–H groups in total. The second-order valence-electron chi connectivity index (χ2n) is 2.73. The zero-order valence-electron chi connectivity index (χ0n) is 7.29. The number of halogens is 1. The van der Waals surface area contributed by atoms with Gasteiger partial charge in [0.25, 0.3) is 0 Å². The van der Waals surface area contributed by atoms with Gasteiger partial charge in [0.15, 0.2) is 0 Å². The molecule has 0 saturated carbocycles. The molecule has 72 valence electrons. The molecule has 0 bridgehead atoms. The summed E-state index contributed by atoms with van der Waals surface area (Å²) < 4.78 is 0. The molecule has 0 saturated heterocycles. The van der Waals surface area contributed by atoms with Crippen LogP contribution in [0.4, 0.5) is 0 Å². The number of hydrogen-bond acceptors (Lipinski definition) is 3. The molecule has 1 rings (SSSR count). The predicted octanol–water partition coefficient (Wildman–Crippen LogP) is 1.30. The second kappa shape index (κ2) is 4.46. The highest BCUT2D eigenvalue weighted by molar-refractivity contribution is 6.31. The Labute approximate surface area is 82.0 Å². The number of rotatable bonds is 3. The van der Waals surface area contributed by atoms with Crippen LogP contribution in [-0.4, -0.2) is 23.9 Å². The Balaban J connectivity index is 2.99. The molecule has 0 heterocycles. The van der Waals surface area contributed by atoms with Crippen LogP contribution in [0.2, 0.25) is 5.02 Å². The van der Waals surface area contributed by atoms with Crippen LogP contribution in [0.1, 0.15) is 11.6 Å². The highest BCUT2D eigenvalue weighted by atomic mass is 35.5. The summed E-state index contributed by atoms with van der Waals surface area (Å²) in [5.74, 6) is 0.126. The zero-order chi connectivity index (χ0) is 9.84. The lowest BCUT2D eigenvalue weighted by atomic mass is 10.1. The van der Waals surface area contributed by atoms with Crippen molar-refractivity contribution in [1.29, 1.82) is 0 Å². The van der Waals surface area contributed by atoms with Crippen molar-refractivity contribution < 1.29 is 10.2 Å². The summed E-state index contributed by atoms with van der Waals surface area (Å²) in [4.78, 5) is 0. The first-order chi connectivity index (χ1) is 6.19. The van der Waals surface area contributed by atoms with E-state index in [4.69, 9.17) is 21.8 Å². The third-order valence-corrected chi connectivity index (χ3v) is 2.22. The molecule has 13 heavy (non-hydrogen) atoms. The highest BCUT2D eigenvalue weighted by Gasteiger charge is 2.11. The minimum atomic E-state index is -0.187. The summed E-state index contributed by atoms with van der Waals surface area (Å²) in [7, 11) is 1.74. The van der Waals surface area contributed by atoms with Crippen LogP contribution < -0.4 is 5.32 Å². The van der Waals surface area contributed by atoms with Crippen LogP contribution in [-0.2, 0) is 0 Å². The molecular formula is C9H12ClNO2. The number of aliphatic hydroxyl groups excluding tert-OH is 1. The van der Waals surface area contributed by atoms with Crippen molar-refractivity contribution in [2.45, 2.75) is 6.04 Å². The number of likely N-dealkylation sites (N-methyl/N-ethyl adjacent to an activating group) is 1. The number of phenols is 1. The molecule has 0 amide bonds. The van der Waals surface area contributed by atoms with Gasteiger partial charge in [-0.3, -0.25) is 0 Å². The first-order valence-electron chi connectivity index (χ1n) is 3.95. The normalized spacial score (nSPS) is 12.8. The van der Waals surface area contributed by atoms with Gasteiger partial charge in [0.1, 0.15) is 5.75 Å². The SMILES string of the molecule is CN[C@H](CO)c1ccc(O)cc1Cl. The van der Waals surface area contributed by atoms with Crippen LogP contribution in [0.3, 0.4) is 0 Å². The van der Waals surface area contributed by atoms with Crippen molar-refractivity contribution in [3.8, 4) is 5.75 Å². The van der Waals surface area contributed by atoms with Crippen molar-refractivity contribution in [2.75, 3.05) is 13.7 Å². The first kappa shape index (κ1) is 10.3. The number of aromatic hydroxyl groups is 1. The molecule has 1 aromatic rings. The third kappa shape index (κ3) is 2.34. The van der Waals surface area contributed by atoms with Crippen molar-refractivity contribution in [3.05, 3.63) is 28.8 Å². The summed E-state index contributed by atoms with van der Waals surface area (Å²) in [6, 6.07) is 4.50. The summed E-state index contributed by atoms with van der Waals surface area (Å²) in [5.41, 5.74) is 0.782. The Bertz CT molecular complexity index is 287. The van der Waals surface area contributed by atoms with Gasteiger partial charge in [0.2, 0.25) is 0 Å². The van der Waals surface area contributed by atoms with E-state index in [1.54, 1.807) is 19.2 Å². The van der Waals surface area contributed by atoms with Gasteiger partial charge in [-0.25, -0.2) is 0 Å². The lowest BCUT2D eigenvalue weighted by Gasteiger charge is -2.14. The van der Waals surface area contributed by atoms with Crippen LogP contribution >= 0.6 is 11.6 Å². The fraction of sp³-hybridized carbons (Fsp3) is 0.333. The number of phenolic OH excluding ortho intramolecular Hbond substituents is 1. The minimum absolute atomic E-state index is 0.0268. The quantitative estimate of drug-likeness (QED) is 0.691. The summed E-state index contributed by atoms with van der Waals surface area (Å²) in [6.45, 7) is -0.0268. The van der Waals surface area contributed by atoms with E-state index in [0.29, 0.717) is 5.02 Å². The molecule has 1 aromatic carbocycles. The van der Waals surface area contributed by atoms with Gasteiger partial charge >= 0.3 is 0 Å². The first-order valence-corrected chi connectivity index (χ1v) is 4.33. The number of benzene rings is 1. The molecule has 0 aliphatic heterocycles. The molecule has 3 nitrogen and oxygen atoms in total. The van der Waals surface area contributed by atoms with Gasteiger partial charge in [-0.1, -0.05) is 17.7 Å². The van der Waals surface area contributed by atoms with E-state index in [2.05, 4.69) is 5.32 Å². The van der Waals surface area contributed by atoms with Crippen LogP contribution in [0, 0.1) is 0 Å². The van der Waals surface area contributed by atoms with E-state index in [1.165, 1.54) is 6.07 Å². The molecular weight excluding hydrogens is 190 g/mol. The van der Waals surface area contributed by atoms with Crippen molar-refractivity contribution in [3.63, 3.8) is 0 Å². The molecule has 0 fully saturated rings. The van der Waals surface area contributed by atoms with Crippen LogP contribution in [0.15, 0.2) is 18.2 Å². The molecule has 0 unspecified atom stereocenters. The van der Waals surface area contributed by atoms with E-state index in [9.17, 15) is 0 Å². The molecule has 0 aliphatic rings. The minimum Gasteiger partial charge on any atom is -0.508 e. The smallest absolute Gasteiger partial charge is 0.117 e. The lowest BCUT2D eigenvalue weighted by molar-refractivity contribution is 0.251. The molecule has 0 aliphatic carbocycles. The molecule has 0 radical (unpaired) electrons. The average molecular weight is 202 g/mol. The highest BCUT2D eigenvalue weighted by Crippen LogP contribution is 2.26. The van der Waals surface area contributed by atoms with Crippen molar-refractivity contribution in [1.82, 2.24) is 5.32 Å². The fourth-order valence-corrected chi connectivity index (χ4v) is 1.45. The maximum atomic E-state index is 9.10. The van der Waals surface area contributed by atoms with E-state index in [1.807, 2.05) is 0 Å². The van der Waals surface area contributed by atoms with Gasteiger partial charge in [-0.05, 0) is 24.7 Å². The average Bonchev–Trinajstić information content (AvgIpc) is 2.10. The monoisotopic (exact) mass is 201 g/mol. The summed E-state index contributed by atoms with van der Waals surface area (Å²) >= 11 is 5.87. The fourth-order valence-electron chi connectivity index (χ4n) is 1.14. The van der Waals surface area contributed by atoms with E-state index in [0.717, 1.165) is 5.56 Å². The van der Waals surface area contributed by atoms with E-state index < -0.39 is 0 Å². The maximum Gasteiger partial charge on any atom is 0.117 e. The molecule has 0 spiro atoms. The Kier molecular flexibility index (Phi) is 3.54. The molecule has 0 aromatic heterocycles. The standard InChI is InChI=1S/C9H12ClNO2/c1-11-9(5-12)7-3-2-6(13)4-8(7)10/h2-4,9,11-13H,5H2,1H3/t9-/m1/s1. The topological polar surface area (TPSA) is 52.5 Å². The van der Waals surface area contributed by atoms with E-state index >= 15 is 0 Å². The summed E-state index contributed by atoms with van der Waals surface area (Å²) in [5, 5.41) is 21.5. The largest absolute Gasteiger partial charge is 0.508 e. The van der Waals surface area contributed by atoms with Crippen LogP contribution in [0.25, 0.3) is 0 Å². The lowest BCUT2D eigenvalue weighted by Crippen LogP contribution is -2.20. The van der Waals surface area contributed by atoms with Crippen LogP contribution in [0.5, 0.6) is 5.75 Å². The Morgan fingerprint density at radius 2 is 2.23 bits per heavy atom. The van der Waals surface area contributed by atoms with Crippen molar-refractivity contribution >= 4 is 11.6 Å². The number of hydrogen-bond donors (Lipinski definition) is 3. The van der Waals surface area contributed by atoms with Gasteiger partial charge in [0.05, 0.1) is 12.6 Å². The number of nitrogens with one attached hydrogen (secondary N) is 1. The Morgan fingerprint density at radius 3 is 2.69 bits per heavy atom. The van der Waals surface area contributed by atoms with Gasteiger partial charge < -0.3 is 15.5 Å². The van der Waals surface area contributed by atoms with Gasteiger partial charge in [0, 0.05) is 5.02 Å². The zero-order valence-corrected chi connectivity index (χ0v) is 8.04. The number of aliphatic hydroxyl groups is 1. The predicted molar refractivity (Wildman–Crippen MR) is 52.0 cm³/mol. The summed E-state index contributed by atoms with van der Waals surface area (Å²) in [6.07, 6.45) is 0. The second-order valence-corrected chi connectivity index (χ2v) is 3.14. The van der Waals surface area contributed by atoms with E-state index in [-0.39, 0.29) is 18.4 Å². The Hall–Kier alpha value is -0.770.